The summed E-state index contributed by atoms with van der Waals surface area (Å²) in [5, 5.41) is 4.97. The smallest absolute Gasteiger partial charge is 0.456 e. The van der Waals surface area contributed by atoms with Gasteiger partial charge in [0.15, 0.2) is 11.8 Å². The Labute approximate surface area is 232 Å². The summed E-state index contributed by atoms with van der Waals surface area (Å²) in [5.41, 5.74) is -2.43. The van der Waals surface area contributed by atoms with Gasteiger partial charge in [-0.2, -0.15) is 0 Å². The number of nitrogens with one attached hydrogen (secondary N) is 2. The molecular formula is C27H36FN2O9P. The maximum Gasteiger partial charge on any atom is 0.459 e. The predicted molar refractivity (Wildman–Crippen MR) is 142 cm³/mol. The Hall–Kier alpha value is -2.92. The van der Waals surface area contributed by atoms with Crippen molar-refractivity contribution in [3.63, 3.8) is 0 Å². The highest BCUT2D eigenvalue weighted by Gasteiger charge is 2.60. The molecule has 0 aliphatic carbocycles. The molecule has 2 N–H and O–H groups in total. The van der Waals surface area contributed by atoms with Crippen molar-refractivity contribution in [1.82, 2.24) is 10.4 Å². The lowest BCUT2D eigenvalue weighted by Crippen LogP contribution is -2.51. The molecule has 2 heterocycles. The van der Waals surface area contributed by atoms with Crippen LogP contribution >= 0.6 is 7.75 Å². The third-order valence-corrected chi connectivity index (χ3v) is 8.44. The number of hydrogen-bond donors (Lipinski definition) is 2. The molecule has 0 saturated carbocycles. The van der Waals surface area contributed by atoms with E-state index in [2.05, 4.69) is 10.4 Å². The fraction of sp³-hybridized carbons (Fsp3) is 0.556. The van der Waals surface area contributed by atoms with Crippen molar-refractivity contribution in [3.8, 4) is 5.75 Å². The van der Waals surface area contributed by atoms with E-state index in [4.69, 9.17) is 18.5 Å². The molecule has 3 rings (SSSR count). The highest BCUT2D eigenvalue weighted by atomic mass is 31.2. The van der Waals surface area contributed by atoms with Gasteiger partial charge in [0.1, 0.15) is 23.7 Å². The normalized spacial score (nSPS) is 28.6. The number of amides is 2. The fourth-order valence-electron chi connectivity index (χ4n) is 4.19. The summed E-state index contributed by atoms with van der Waals surface area (Å²) in [7, 11) is -4.08. The first-order valence-corrected chi connectivity index (χ1v) is 14.6. The quantitative estimate of drug-likeness (QED) is 0.201. The van der Waals surface area contributed by atoms with Crippen LogP contribution in [0.1, 0.15) is 47.5 Å². The predicted octanol–water partition coefficient (Wildman–Crippen LogP) is 3.43. The zero-order valence-corrected chi connectivity index (χ0v) is 24.0. The maximum atomic E-state index is 16.3. The molecule has 1 aromatic rings. The summed E-state index contributed by atoms with van der Waals surface area (Å²) < 4.78 is 52.9. The molecule has 2 amide bonds. The van der Waals surface area contributed by atoms with Gasteiger partial charge in [-0.15, -0.1) is 0 Å². The minimum atomic E-state index is -4.08. The number of benzene rings is 1. The second kappa shape index (κ2) is 13.2. The van der Waals surface area contributed by atoms with Crippen LogP contribution in [0.25, 0.3) is 0 Å². The number of rotatable bonds is 13. The van der Waals surface area contributed by atoms with Gasteiger partial charge >= 0.3 is 13.7 Å². The molecule has 0 radical (unpaired) electrons. The van der Waals surface area contributed by atoms with Gasteiger partial charge in [-0.1, -0.05) is 38.1 Å². The Balaban J connectivity index is 1.87. The Morgan fingerprint density at radius 3 is 2.45 bits per heavy atom. The molecule has 1 fully saturated rings. The monoisotopic (exact) mass is 582 g/mol. The molecule has 2 aliphatic rings. The van der Waals surface area contributed by atoms with Crippen molar-refractivity contribution in [3.05, 3.63) is 42.5 Å². The third kappa shape index (κ3) is 8.06. The van der Waals surface area contributed by atoms with Gasteiger partial charge in [-0.05, 0) is 38.8 Å². The van der Waals surface area contributed by atoms with Gasteiger partial charge in [0.2, 0.25) is 11.8 Å². The van der Waals surface area contributed by atoms with Crippen LogP contribution in [0.2, 0.25) is 0 Å². The van der Waals surface area contributed by atoms with Crippen LogP contribution in [-0.4, -0.2) is 60.2 Å². The van der Waals surface area contributed by atoms with Crippen LogP contribution in [0, 0.1) is 11.8 Å². The summed E-state index contributed by atoms with van der Waals surface area (Å²) in [6.45, 7) is 7.49. The maximum absolute atomic E-state index is 16.3. The van der Waals surface area contributed by atoms with Crippen LogP contribution in [0.5, 0.6) is 5.75 Å². The largest absolute Gasteiger partial charge is 0.459 e. The second-order valence-corrected chi connectivity index (χ2v) is 12.2. The number of imide groups is 1. The van der Waals surface area contributed by atoms with Crippen molar-refractivity contribution in [2.24, 2.45) is 11.8 Å². The van der Waals surface area contributed by atoms with Crippen molar-refractivity contribution in [2.75, 3.05) is 6.61 Å². The summed E-state index contributed by atoms with van der Waals surface area (Å²) in [6.07, 6.45) is -2.48. The molecule has 7 atom stereocenters. The first-order chi connectivity index (χ1) is 18.7. The molecule has 0 spiro atoms. The second-order valence-electron chi connectivity index (χ2n) is 10.5. The number of hydrogen-bond acceptors (Lipinski definition) is 9. The lowest BCUT2D eigenvalue weighted by Gasteiger charge is -2.31. The number of alkyl halides is 1. The van der Waals surface area contributed by atoms with Crippen LogP contribution in [0.3, 0.4) is 0 Å². The Morgan fingerprint density at radius 2 is 1.85 bits per heavy atom. The zero-order chi connectivity index (χ0) is 29.7. The summed E-state index contributed by atoms with van der Waals surface area (Å²) in [5.74, 6) is -3.46. The van der Waals surface area contributed by atoms with Crippen molar-refractivity contribution in [1.29, 1.82) is 0 Å². The van der Waals surface area contributed by atoms with Crippen LogP contribution in [0.15, 0.2) is 42.5 Å². The van der Waals surface area contributed by atoms with E-state index in [0.717, 1.165) is 13.0 Å². The molecule has 0 bridgehead atoms. The van der Waals surface area contributed by atoms with Gasteiger partial charge in [0.05, 0.1) is 18.9 Å². The van der Waals surface area contributed by atoms with Crippen molar-refractivity contribution >= 4 is 31.3 Å². The molecular weight excluding hydrogens is 546 g/mol. The molecule has 220 valence electrons. The van der Waals surface area contributed by atoms with E-state index >= 15 is 4.39 Å². The number of carbonyl (C=O) groups excluding carboxylic acids is 4. The standard InChI is InChI=1S/C27H36FN2O9P/c1-16(2)18(4)30-40(35,39-19-9-7-6-8-10-19)36-15-21-25(38-23(33)14-11-17(3)31)27(5,28)24(37-21)20-12-13-22(32)29-26(20)34/h6-10,12-13,16,18,20-21,24-25H,11,14-15H2,1-5H3,(H,30,35)(H,29,32,34)/t18?,20?,21-,24?,25?,27+,40?/m1/s1. The Kier molecular flexibility index (Phi) is 10.4. The summed E-state index contributed by atoms with van der Waals surface area (Å²) >= 11 is 0. The number of carbonyl (C=O) groups is 4. The van der Waals surface area contributed by atoms with Gasteiger partial charge in [0.25, 0.3) is 0 Å². The van der Waals surface area contributed by atoms with Gasteiger partial charge < -0.3 is 18.8 Å². The van der Waals surface area contributed by atoms with Crippen LogP contribution < -0.4 is 14.9 Å². The van der Waals surface area contributed by atoms with E-state index in [1.807, 2.05) is 13.8 Å². The molecule has 0 aromatic heterocycles. The average Bonchev–Trinajstić information content (AvgIpc) is 3.11. The third-order valence-electron chi connectivity index (χ3n) is 6.78. The molecule has 1 aromatic carbocycles. The minimum Gasteiger partial charge on any atom is -0.456 e. The number of ketones is 1. The molecule has 13 heteroatoms. The summed E-state index contributed by atoms with van der Waals surface area (Å²) in [6, 6.07) is 8.00. The highest BCUT2D eigenvalue weighted by molar-refractivity contribution is 7.52. The Bertz CT molecular complexity index is 1170. The number of Topliss-reactive ketones (excluding diaryl/α,β-unsaturated/α-hetero) is 1. The molecule has 2 aliphatic heterocycles. The van der Waals surface area contributed by atoms with E-state index in [1.54, 1.807) is 37.3 Å². The zero-order valence-electron chi connectivity index (χ0n) is 23.1. The van der Waals surface area contributed by atoms with Crippen molar-refractivity contribution in [2.45, 2.75) is 77.5 Å². The average molecular weight is 583 g/mol. The molecule has 40 heavy (non-hydrogen) atoms. The highest BCUT2D eigenvalue weighted by Crippen LogP contribution is 2.48. The number of halogens is 1. The number of ether oxygens (including phenoxy) is 2. The van der Waals surface area contributed by atoms with Crippen molar-refractivity contribution < 1.29 is 46.7 Å². The van der Waals surface area contributed by atoms with E-state index in [1.165, 1.54) is 13.0 Å². The first kappa shape index (κ1) is 31.6. The number of para-hydroxylation sites is 1. The lowest BCUT2D eigenvalue weighted by atomic mass is 9.85. The van der Waals surface area contributed by atoms with E-state index in [-0.39, 0.29) is 36.3 Å². The Morgan fingerprint density at radius 1 is 1.18 bits per heavy atom. The molecule has 1 saturated heterocycles. The number of esters is 1. The fourth-order valence-corrected chi connectivity index (χ4v) is 5.91. The van der Waals surface area contributed by atoms with Crippen LogP contribution in [-0.2, 0) is 37.7 Å². The van der Waals surface area contributed by atoms with E-state index < -0.39 is 62.0 Å². The van der Waals surface area contributed by atoms with Gasteiger partial charge in [-0.25, -0.2) is 14.0 Å². The van der Waals surface area contributed by atoms with Crippen LogP contribution in [0.4, 0.5) is 4.39 Å². The first-order valence-electron chi connectivity index (χ1n) is 13.0. The van der Waals surface area contributed by atoms with E-state index in [9.17, 15) is 23.7 Å². The van der Waals surface area contributed by atoms with Gasteiger partial charge in [-0.3, -0.25) is 24.2 Å². The lowest BCUT2D eigenvalue weighted by molar-refractivity contribution is -0.158. The summed E-state index contributed by atoms with van der Waals surface area (Å²) in [4.78, 5) is 48.0. The van der Waals surface area contributed by atoms with E-state index in [0.29, 0.717) is 0 Å². The molecule has 5 unspecified atom stereocenters. The SMILES string of the molecule is CC(=O)CCC(=O)OC1[C@@H](COP(=O)(NC(C)C(C)C)Oc2ccccc2)OC(C2C=CC(=O)NC2=O)[C@]1(C)F. The van der Waals surface area contributed by atoms with Gasteiger partial charge in [0, 0.05) is 18.5 Å². The minimum absolute atomic E-state index is 0.0480. The topological polar surface area (TPSA) is 146 Å². The molecule has 11 nitrogen and oxygen atoms in total.